The van der Waals surface area contributed by atoms with E-state index in [9.17, 15) is 4.79 Å². The zero-order chi connectivity index (χ0) is 16.8. The molecule has 0 aromatic rings. The van der Waals surface area contributed by atoms with Gasteiger partial charge in [-0.15, -0.1) is 0 Å². The number of ether oxygens (including phenoxy) is 2. The summed E-state index contributed by atoms with van der Waals surface area (Å²) >= 11 is 0. The van der Waals surface area contributed by atoms with Crippen molar-refractivity contribution in [3.8, 4) is 0 Å². The standard InChI is InChI=1S/C17H34N2O3/c1-7-8-13(2)18-14(3)11-15-12-21-10-9-19(15)16(20)22-17(4,5)6/h13-15,18H,7-12H2,1-6H3. The summed E-state index contributed by atoms with van der Waals surface area (Å²) in [6.45, 7) is 14.1. The van der Waals surface area contributed by atoms with Gasteiger partial charge in [-0.3, -0.25) is 0 Å². The Kier molecular flexibility index (Phi) is 7.63. The highest BCUT2D eigenvalue weighted by Gasteiger charge is 2.31. The summed E-state index contributed by atoms with van der Waals surface area (Å²) in [5.41, 5.74) is -0.459. The molecule has 1 aliphatic rings. The van der Waals surface area contributed by atoms with E-state index in [2.05, 4.69) is 26.1 Å². The minimum Gasteiger partial charge on any atom is -0.444 e. The molecule has 1 fully saturated rings. The Labute approximate surface area is 135 Å². The lowest BCUT2D eigenvalue weighted by Crippen LogP contribution is -2.52. The van der Waals surface area contributed by atoms with Crippen LogP contribution in [0.2, 0.25) is 0 Å². The first-order chi connectivity index (χ1) is 10.2. The van der Waals surface area contributed by atoms with Crippen LogP contribution in [-0.4, -0.2) is 54.5 Å². The smallest absolute Gasteiger partial charge is 0.410 e. The van der Waals surface area contributed by atoms with Gasteiger partial charge in [-0.1, -0.05) is 13.3 Å². The van der Waals surface area contributed by atoms with Crippen molar-refractivity contribution in [3.63, 3.8) is 0 Å². The van der Waals surface area contributed by atoms with Crippen molar-refractivity contribution < 1.29 is 14.3 Å². The van der Waals surface area contributed by atoms with Crippen LogP contribution >= 0.6 is 0 Å². The van der Waals surface area contributed by atoms with E-state index in [0.29, 0.717) is 31.8 Å². The van der Waals surface area contributed by atoms with Gasteiger partial charge in [-0.25, -0.2) is 4.79 Å². The van der Waals surface area contributed by atoms with E-state index in [1.165, 1.54) is 12.8 Å². The number of morpholine rings is 1. The third-order valence-corrected chi connectivity index (χ3v) is 3.77. The fourth-order valence-corrected chi connectivity index (χ4v) is 2.89. The number of nitrogens with one attached hydrogen (secondary N) is 1. The van der Waals surface area contributed by atoms with Crippen molar-refractivity contribution in [2.45, 2.75) is 84.5 Å². The number of carbonyl (C=O) groups excluding carboxylic acids is 1. The van der Waals surface area contributed by atoms with Crippen LogP contribution in [0.3, 0.4) is 0 Å². The zero-order valence-corrected chi connectivity index (χ0v) is 15.1. The molecule has 0 aromatic carbocycles. The molecule has 1 rings (SSSR count). The molecule has 130 valence electrons. The molecule has 0 spiro atoms. The maximum absolute atomic E-state index is 12.4. The average Bonchev–Trinajstić information content (AvgIpc) is 2.37. The zero-order valence-electron chi connectivity index (χ0n) is 15.1. The Bertz CT molecular complexity index is 341. The number of amides is 1. The predicted molar refractivity (Wildman–Crippen MR) is 89.1 cm³/mol. The molecule has 1 heterocycles. The van der Waals surface area contributed by atoms with Gasteiger partial charge in [0, 0.05) is 18.6 Å². The lowest BCUT2D eigenvalue weighted by molar-refractivity contribution is -0.0357. The Morgan fingerprint density at radius 2 is 2.05 bits per heavy atom. The molecule has 0 bridgehead atoms. The first kappa shape index (κ1) is 19.2. The largest absolute Gasteiger partial charge is 0.444 e. The lowest BCUT2D eigenvalue weighted by atomic mass is 10.0. The summed E-state index contributed by atoms with van der Waals surface area (Å²) in [5.74, 6) is 0. The highest BCUT2D eigenvalue weighted by Crippen LogP contribution is 2.18. The molecule has 3 unspecified atom stereocenters. The Balaban J connectivity index is 2.56. The highest BCUT2D eigenvalue weighted by molar-refractivity contribution is 5.68. The Hall–Kier alpha value is -0.810. The molecule has 1 amide bonds. The number of hydrogen-bond acceptors (Lipinski definition) is 4. The lowest BCUT2D eigenvalue weighted by Gasteiger charge is -2.38. The van der Waals surface area contributed by atoms with Crippen molar-refractivity contribution in [1.82, 2.24) is 10.2 Å². The third-order valence-electron chi connectivity index (χ3n) is 3.77. The number of hydrogen-bond donors (Lipinski definition) is 1. The summed E-state index contributed by atoms with van der Waals surface area (Å²) in [4.78, 5) is 14.2. The van der Waals surface area contributed by atoms with Crippen LogP contribution in [0.5, 0.6) is 0 Å². The normalized spacial score (nSPS) is 22.3. The van der Waals surface area contributed by atoms with Gasteiger partial charge in [0.15, 0.2) is 0 Å². The fraction of sp³-hybridized carbons (Fsp3) is 0.941. The van der Waals surface area contributed by atoms with E-state index in [0.717, 1.165) is 6.42 Å². The Morgan fingerprint density at radius 1 is 1.36 bits per heavy atom. The molecule has 0 aromatic heterocycles. The van der Waals surface area contributed by atoms with Crippen molar-refractivity contribution in [2.24, 2.45) is 0 Å². The first-order valence-corrected chi connectivity index (χ1v) is 8.56. The molecule has 0 aliphatic carbocycles. The van der Waals surface area contributed by atoms with Crippen LogP contribution in [0.4, 0.5) is 4.79 Å². The van der Waals surface area contributed by atoms with E-state index in [-0.39, 0.29) is 12.1 Å². The van der Waals surface area contributed by atoms with Crippen LogP contribution < -0.4 is 5.32 Å². The Morgan fingerprint density at radius 3 is 2.64 bits per heavy atom. The van der Waals surface area contributed by atoms with Crippen LogP contribution in [0.25, 0.3) is 0 Å². The molecule has 22 heavy (non-hydrogen) atoms. The summed E-state index contributed by atoms with van der Waals surface area (Å²) in [6.07, 6.45) is 3.00. The maximum atomic E-state index is 12.4. The quantitative estimate of drug-likeness (QED) is 0.818. The van der Waals surface area contributed by atoms with E-state index < -0.39 is 5.60 Å². The predicted octanol–water partition coefficient (Wildman–Crippen LogP) is 3.18. The van der Waals surface area contributed by atoms with E-state index in [1.54, 1.807) is 0 Å². The van der Waals surface area contributed by atoms with E-state index in [1.807, 2.05) is 25.7 Å². The molecular weight excluding hydrogens is 280 g/mol. The van der Waals surface area contributed by atoms with Crippen LogP contribution in [0.15, 0.2) is 0 Å². The molecule has 0 radical (unpaired) electrons. The van der Waals surface area contributed by atoms with Gasteiger partial charge in [0.25, 0.3) is 0 Å². The van der Waals surface area contributed by atoms with Crippen molar-refractivity contribution >= 4 is 6.09 Å². The van der Waals surface area contributed by atoms with E-state index >= 15 is 0 Å². The maximum Gasteiger partial charge on any atom is 0.410 e. The second-order valence-electron chi connectivity index (χ2n) is 7.40. The number of nitrogens with zero attached hydrogens (tertiary/aromatic N) is 1. The monoisotopic (exact) mass is 314 g/mol. The summed E-state index contributed by atoms with van der Waals surface area (Å²) in [6, 6.07) is 0.928. The van der Waals surface area contributed by atoms with Gasteiger partial charge in [0.1, 0.15) is 5.60 Å². The van der Waals surface area contributed by atoms with Crippen molar-refractivity contribution in [2.75, 3.05) is 19.8 Å². The van der Waals surface area contributed by atoms with Crippen LogP contribution in [0.1, 0.15) is 60.8 Å². The van der Waals surface area contributed by atoms with Gasteiger partial charge < -0.3 is 19.7 Å². The summed E-state index contributed by atoms with van der Waals surface area (Å²) < 4.78 is 11.1. The first-order valence-electron chi connectivity index (χ1n) is 8.56. The topological polar surface area (TPSA) is 50.8 Å². The van der Waals surface area contributed by atoms with Crippen LogP contribution in [-0.2, 0) is 9.47 Å². The molecule has 1 saturated heterocycles. The fourth-order valence-electron chi connectivity index (χ4n) is 2.89. The summed E-state index contributed by atoms with van der Waals surface area (Å²) in [7, 11) is 0. The van der Waals surface area contributed by atoms with Gasteiger partial charge in [-0.2, -0.15) is 0 Å². The number of rotatable bonds is 6. The van der Waals surface area contributed by atoms with Crippen molar-refractivity contribution in [3.05, 3.63) is 0 Å². The van der Waals surface area contributed by atoms with Crippen molar-refractivity contribution in [1.29, 1.82) is 0 Å². The van der Waals surface area contributed by atoms with Gasteiger partial charge in [0.2, 0.25) is 0 Å². The highest BCUT2D eigenvalue weighted by atomic mass is 16.6. The molecule has 1 aliphatic heterocycles. The second kappa shape index (κ2) is 8.73. The van der Waals surface area contributed by atoms with Gasteiger partial charge in [0.05, 0.1) is 19.3 Å². The molecular formula is C17H34N2O3. The minimum atomic E-state index is -0.459. The summed E-state index contributed by atoms with van der Waals surface area (Å²) in [5, 5.41) is 3.60. The minimum absolute atomic E-state index is 0.0833. The molecule has 3 atom stereocenters. The number of carbonyl (C=O) groups is 1. The molecule has 5 nitrogen and oxygen atoms in total. The second-order valence-corrected chi connectivity index (χ2v) is 7.40. The molecule has 1 N–H and O–H groups in total. The molecule has 5 heteroatoms. The van der Waals surface area contributed by atoms with E-state index in [4.69, 9.17) is 9.47 Å². The SMILES string of the molecule is CCCC(C)NC(C)CC1COCCN1C(=O)OC(C)(C)C. The third kappa shape index (κ3) is 6.97. The van der Waals surface area contributed by atoms with Gasteiger partial charge in [-0.05, 0) is 47.5 Å². The average molecular weight is 314 g/mol. The molecule has 0 saturated carbocycles. The van der Waals surface area contributed by atoms with Gasteiger partial charge >= 0.3 is 6.09 Å². The van der Waals surface area contributed by atoms with Crippen LogP contribution in [0, 0.1) is 0 Å².